The van der Waals surface area contributed by atoms with Crippen molar-refractivity contribution in [3.63, 3.8) is 0 Å². The Hall–Kier alpha value is -4.58. The maximum atomic E-state index is 15.5. The molecule has 1 aromatic carbocycles. The third-order valence-electron chi connectivity index (χ3n) is 7.16. The molecule has 1 fully saturated rings. The Kier molecular flexibility index (Phi) is 6.54. The van der Waals surface area contributed by atoms with Crippen molar-refractivity contribution in [2.45, 2.75) is 25.3 Å². The first-order valence-corrected chi connectivity index (χ1v) is 13.0. The molecule has 0 bridgehead atoms. The molecule has 0 radical (unpaired) electrons. The summed E-state index contributed by atoms with van der Waals surface area (Å²) in [5.74, 6) is -0.0116. The molecule has 0 N–H and O–H groups in total. The van der Waals surface area contributed by atoms with Gasteiger partial charge in [0.05, 0.1) is 41.2 Å². The number of aryl methyl sites for hydroxylation is 1. The van der Waals surface area contributed by atoms with Crippen molar-refractivity contribution in [1.29, 1.82) is 0 Å². The number of nitrogens with zero attached hydrogens (tertiary/aromatic N) is 8. The molecule has 6 rings (SSSR count). The summed E-state index contributed by atoms with van der Waals surface area (Å²) >= 11 is 6.14. The molecule has 40 heavy (non-hydrogen) atoms. The fourth-order valence-corrected chi connectivity index (χ4v) is 4.97. The van der Waals surface area contributed by atoms with Crippen LogP contribution in [0.3, 0.4) is 0 Å². The van der Waals surface area contributed by atoms with Crippen molar-refractivity contribution in [2.24, 2.45) is 13.0 Å². The molecule has 204 valence electrons. The maximum absolute atomic E-state index is 15.5. The van der Waals surface area contributed by atoms with Gasteiger partial charge < -0.3 is 14.5 Å². The molecule has 0 aliphatic heterocycles. The number of aromatic nitrogens is 8. The van der Waals surface area contributed by atoms with Gasteiger partial charge in [0.25, 0.3) is 5.56 Å². The SMILES string of the molecule is COc1cc(C(CC2CC2)n2cc(-c3ccn(C)c(=O)c3)cn2)[n+]([O-])cc1-c1c(-n2cnnn2)ccc(Cl)c1F. The first-order valence-electron chi connectivity index (χ1n) is 12.6. The lowest BCUT2D eigenvalue weighted by Gasteiger charge is -2.20. The van der Waals surface area contributed by atoms with Crippen molar-refractivity contribution in [3.05, 3.63) is 93.5 Å². The van der Waals surface area contributed by atoms with E-state index in [-0.39, 0.29) is 27.5 Å². The number of ether oxygens (including phenoxy) is 1. The minimum atomic E-state index is -0.735. The van der Waals surface area contributed by atoms with Gasteiger partial charge in [-0.2, -0.15) is 14.5 Å². The third-order valence-corrected chi connectivity index (χ3v) is 7.45. The Morgan fingerprint density at radius 1 is 1.25 bits per heavy atom. The van der Waals surface area contributed by atoms with E-state index in [0.717, 1.165) is 24.0 Å². The van der Waals surface area contributed by atoms with Gasteiger partial charge in [0.2, 0.25) is 5.69 Å². The normalized spacial score (nSPS) is 13.9. The Balaban J connectivity index is 1.46. The zero-order chi connectivity index (χ0) is 28.0. The van der Waals surface area contributed by atoms with Gasteiger partial charge >= 0.3 is 0 Å². The van der Waals surface area contributed by atoms with Gasteiger partial charge in [0.15, 0.2) is 12.0 Å². The van der Waals surface area contributed by atoms with E-state index in [1.165, 1.54) is 34.9 Å². The average molecular weight is 563 g/mol. The van der Waals surface area contributed by atoms with E-state index in [0.29, 0.717) is 28.5 Å². The monoisotopic (exact) mass is 562 g/mol. The number of tetrazole rings is 1. The predicted molar refractivity (Wildman–Crippen MR) is 143 cm³/mol. The van der Waals surface area contributed by atoms with Crippen LogP contribution in [0.15, 0.2) is 66.2 Å². The Bertz CT molecular complexity index is 1760. The van der Waals surface area contributed by atoms with Crippen LogP contribution < -0.4 is 15.0 Å². The molecule has 4 heterocycles. The third kappa shape index (κ3) is 4.70. The van der Waals surface area contributed by atoms with Crippen molar-refractivity contribution in [3.8, 4) is 33.7 Å². The van der Waals surface area contributed by atoms with Gasteiger partial charge in [-0.25, -0.2) is 4.39 Å². The number of hydrogen-bond donors (Lipinski definition) is 0. The highest BCUT2D eigenvalue weighted by Gasteiger charge is 2.34. The van der Waals surface area contributed by atoms with Gasteiger partial charge in [0, 0.05) is 31.1 Å². The zero-order valence-electron chi connectivity index (χ0n) is 21.6. The van der Waals surface area contributed by atoms with Crippen LogP contribution in [0.2, 0.25) is 5.02 Å². The molecule has 4 aromatic heterocycles. The Labute approximate surface area is 232 Å². The summed E-state index contributed by atoms with van der Waals surface area (Å²) in [6.07, 6.45) is 10.6. The van der Waals surface area contributed by atoms with E-state index in [1.54, 1.807) is 42.3 Å². The highest BCUT2D eigenvalue weighted by Crippen LogP contribution is 2.42. The molecule has 0 saturated heterocycles. The van der Waals surface area contributed by atoms with Gasteiger partial charge in [-0.15, -0.1) is 5.10 Å². The first-order chi connectivity index (χ1) is 19.3. The standard InChI is InChI=1S/C27H24ClFN8O3/c1-34-8-7-17(10-25(34)38)18-12-31-35(13-18)22(9-16-3-4-16)23-11-24(40-2)19(14-37(23)39)26-21(36-15-30-32-33-36)6-5-20(28)27(26)29/h5-8,10-16,22H,3-4,9H2,1-2H3. The van der Waals surface area contributed by atoms with E-state index in [1.807, 2.05) is 12.3 Å². The molecule has 0 amide bonds. The van der Waals surface area contributed by atoms with Crippen LogP contribution in [-0.2, 0) is 7.05 Å². The number of rotatable bonds is 8. The van der Waals surface area contributed by atoms with Crippen molar-refractivity contribution < 1.29 is 13.9 Å². The molecule has 1 aliphatic rings. The minimum Gasteiger partial charge on any atom is -0.618 e. The topological polar surface area (TPSA) is 120 Å². The van der Waals surface area contributed by atoms with E-state index < -0.39 is 11.9 Å². The summed E-state index contributed by atoms with van der Waals surface area (Å²) in [6.45, 7) is 0. The lowest BCUT2D eigenvalue weighted by molar-refractivity contribution is -0.615. The summed E-state index contributed by atoms with van der Waals surface area (Å²) in [5.41, 5.74) is 2.25. The largest absolute Gasteiger partial charge is 0.618 e. The fourth-order valence-electron chi connectivity index (χ4n) is 4.81. The van der Waals surface area contributed by atoms with Crippen LogP contribution in [0.4, 0.5) is 4.39 Å². The highest BCUT2D eigenvalue weighted by molar-refractivity contribution is 6.31. The van der Waals surface area contributed by atoms with E-state index in [9.17, 15) is 10.0 Å². The molecule has 1 unspecified atom stereocenters. The molecule has 11 nitrogen and oxygen atoms in total. The smallest absolute Gasteiger partial charge is 0.250 e. The highest BCUT2D eigenvalue weighted by atomic mass is 35.5. The number of halogens is 2. The number of hydrogen-bond acceptors (Lipinski definition) is 7. The molecule has 1 saturated carbocycles. The first kappa shape index (κ1) is 25.7. The lowest BCUT2D eigenvalue weighted by Crippen LogP contribution is -2.36. The number of benzene rings is 1. The van der Waals surface area contributed by atoms with Crippen LogP contribution >= 0.6 is 11.6 Å². The lowest BCUT2D eigenvalue weighted by atomic mass is 10.0. The average Bonchev–Trinajstić information content (AvgIpc) is 3.37. The van der Waals surface area contributed by atoms with Crippen molar-refractivity contribution in [2.75, 3.05) is 7.11 Å². The van der Waals surface area contributed by atoms with Crippen molar-refractivity contribution in [1.82, 2.24) is 34.6 Å². The Morgan fingerprint density at radius 3 is 2.77 bits per heavy atom. The maximum Gasteiger partial charge on any atom is 0.250 e. The minimum absolute atomic E-state index is 0.0265. The summed E-state index contributed by atoms with van der Waals surface area (Å²) in [7, 11) is 3.14. The van der Waals surface area contributed by atoms with E-state index >= 15 is 4.39 Å². The second-order valence-corrected chi connectivity index (χ2v) is 10.2. The van der Waals surface area contributed by atoms with E-state index in [2.05, 4.69) is 20.6 Å². The Morgan fingerprint density at radius 2 is 2.08 bits per heavy atom. The molecular weight excluding hydrogens is 539 g/mol. The van der Waals surface area contributed by atoms with Crippen LogP contribution in [0, 0.1) is 16.9 Å². The van der Waals surface area contributed by atoms with Crippen molar-refractivity contribution >= 4 is 11.6 Å². The summed E-state index contributed by atoms with van der Waals surface area (Å²) < 4.78 is 26.4. The van der Waals surface area contributed by atoms with Crippen LogP contribution in [0.1, 0.15) is 31.0 Å². The second-order valence-electron chi connectivity index (χ2n) is 9.78. The molecule has 0 spiro atoms. The zero-order valence-corrected chi connectivity index (χ0v) is 22.4. The van der Waals surface area contributed by atoms with Gasteiger partial charge in [-0.3, -0.25) is 9.48 Å². The molecule has 1 aliphatic carbocycles. The van der Waals surface area contributed by atoms with E-state index in [4.69, 9.17) is 16.3 Å². The van der Waals surface area contributed by atoms with Crippen LogP contribution in [0.5, 0.6) is 5.75 Å². The van der Waals surface area contributed by atoms with Crippen LogP contribution in [-0.4, -0.2) is 41.7 Å². The molecule has 13 heteroatoms. The number of methoxy groups -OCH3 is 1. The quantitative estimate of drug-likeness (QED) is 0.209. The summed E-state index contributed by atoms with van der Waals surface area (Å²) in [5, 5.41) is 29.2. The number of pyridine rings is 2. The van der Waals surface area contributed by atoms with Crippen LogP contribution in [0.25, 0.3) is 27.9 Å². The molecular formula is C27H24ClFN8O3. The summed E-state index contributed by atoms with van der Waals surface area (Å²) in [6, 6.07) is 7.54. The van der Waals surface area contributed by atoms with Gasteiger partial charge in [-0.1, -0.05) is 24.4 Å². The molecule has 1 atom stereocenters. The molecule has 5 aromatic rings. The van der Waals surface area contributed by atoms with Gasteiger partial charge in [0.1, 0.15) is 18.1 Å². The second kappa shape index (κ2) is 10.2. The fraction of sp³-hybridized carbons (Fsp3) is 0.259. The van der Waals surface area contributed by atoms with Gasteiger partial charge in [-0.05, 0) is 46.5 Å². The summed E-state index contributed by atoms with van der Waals surface area (Å²) in [4.78, 5) is 12.2. The predicted octanol–water partition coefficient (Wildman–Crippen LogP) is 3.72.